The van der Waals surface area contributed by atoms with Gasteiger partial charge in [0, 0.05) is 43.4 Å². The molecule has 1 aliphatic carbocycles. The summed E-state index contributed by atoms with van der Waals surface area (Å²) in [6.07, 6.45) is 6.63. The molecule has 1 saturated carbocycles. The topological polar surface area (TPSA) is 70.1 Å². The molecule has 1 amide bonds. The number of aliphatic hydroxyl groups is 1. The first-order chi connectivity index (χ1) is 12.0. The van der Waals surface area contributed by atoms with E-state index in [1.165, 1.54) is 7.11 Å². The Kier molecular flexibility index (Phi) is 4.52. The van der Waals surface area contributed by atoms with E-state index in [0.717, 1.165) is 45.1 Å². The average Bonchev–Trinajstić information content (AvgIpc) is 2.89. The van der Waals surface area contributed by atoms with Crippen LogP contribution in [0.5, 0.6) is 0 Å². The highest BCUT2D eigenvalue weighted by atomic mass is 16.5. The monoisotopic (exact) mass is 350 g/mol. The van der Waals surface area contributed by atoms with Gasteiger partial charge in [-0.2, -0.15) is 0 Å². The number of ether oxygens (including phenoxy) is 1. The van der Waals surface area contributed by atoms with Crippen molar-refractivity contribution < 1.29 is 19.4 Å². The SMILES string of the molecule is COC(=O)N1CC[C@H]2CC(=O)C[C@@H]3N4CCCCC[C@@H](O)[C@H]4C[C@]23C1. The summed E-state index contributed by atoms with van der Waals surface area (Å²) in [7, 11) is 1.43. The van der Waals surface area contributed by atoms with Crippen LogP contribution in [0.2, 0.25) is 0 Å². The minimum absolute atomic E-state index is 0.0592. The molecular formula is C19H30N2O4. The summed E-state index contributed by atoms with van der Waals surface area (Å²) in [6, 6.07) is 0.306. The maximum Gasteiger partial charge on any atom is 0.409 e. The molecular weight excluding hydrogens is 320 g/mol. The second kappa shape index (κ2) is 6.54. The zero-order valence-corrected chi connectivity index (χ0v) is 15.2. The maximum atomic E-state index is 12.4. The Labute approximate surface area is 149 Å². The molecule has 3 aliphatic heterocycles. The second-order valence-corrected chi connectivity index (χ2v) is 8.50. The van der Waals surface area contributed by atoms with Crippen LogP contribution in [-0.2, 0) is 9.53 Å². The van der Waals surface area contributed by atoms with Crippen molar-refractivity contribution in [2.75, 3.05) is 26.7 Å². The highest BCUT2D eigenvalue weighted by molar-refractivity contribution is 5.81. The Morgan fingerprint density at radius 2 is 2.04 bits per heavy atom. The van der Waals surface area contributed by atoms with Crippen molar-refractivity contribution in [3.05, 3.63) is 0 Å². The number of rotatable bonds is 0. The number of aliphatic hydroxyl groups excluding tert-OH is 1. The second-order valence-electron chi connectivity index (χ2n) is 8.50. The van der Waals surface area contributed by atoms with Gasteiger partial charge >= 0.3 is 6.09 Å². The van der Waals surface area contributed by atoms with Gasteiger partial charge in [-0.25, -0.2) is 4.79 Å². The van der Waals surface area contributed by atoms with Crippen molar-refractivity contribution >= 4 is 11.9 Å². The lowest BCUT2D eigenvalue weighted by atomic mass is 9.59. The lowest BCUT2D eigenvalue weighted by Crippen LogP contribution is -2.59. The van der Waals surface area contributed by atoms with Gasteiger partial charge in [-0.05, 0) is 38.1 Å². The first-order valence-corrected chi connectivity index (χ1v) is 9.83. The van der Waals surface area contributed by atoms with E-state index < -0.39 is 0 Å². The molecule has 140 valence electrons. The first kappa shape index (κ1) is 17.3. The third-order valence-corrected chi connectivity index (χ3v) is 7.31. The Morgan fingerprint density at radius 1 is 1.20 bits per heavy atom. The van der Waals surface area contributed by atoms with Gasteiger partial charge in [0.15, 0.2) is 0 Å². The fourth-order valence-electron chi connectivity index (χ4n) is 6.16. The molecule has 0 bridgehead atoms. The van der Waals surface area contributed by atoms with Crippen LogP contribution in [0.15, 0.2) is 0 Å². The quantitative estimate of drug-likeness (QED) is 0.721. The maximum absolute atomic E-state index is 12.4. The molecule has 1 N–H and O–H groups in total. The Hall–Kier alpha value is -1.14. The van der Waals surface area contributed by atoms with Crippen LogP contribution >= 0.6 is 0 Å². The summed E-state index contributed by atoms with van der Waals surface area (Å²) in [6.45, 7) is 2.31. The molecule has 1 spiro atoms. The van der Waals surface area contributed by atoms with E-state index in [1.54, 1.807) is 0 Å². The molecule has 4 fully saturated rings. The smallest absolute Gasteiger partial charge is 0.409 e. The van der Waals surface area contributed by atoms with Crippen LogP contribution in [-0.4, -0.2) is 71.7 Å². The Balaban J connectivity index is 1.68. The number of likely N-dealkylation sites (tertiary alicyclic amines) is 1. The zero-order chi connectivity index (χ0) is 17.6. The van der Waals surface area contributed by atoms with E-state index in [1.807, 2.05) is 4.90 Å². The Morgan fingerprint density at radius 3 is 2.84 bits per heavy atom. The van der Waals surface area contributed by atoms with E-state index in [2.05, 4.69) is 4.90 Å². The number of Topliss-reactive ketones (excluding diaryl/α,β-unsaturated/α-hetero) is 1. The minimum Gasteiger partial charge on any atom is -0.453 e. The van der Waals surface area contributed by atoms with E-state index in [4.69, 9.17) is 4.74 Å². The molecule has 6 heteroatoms. The minimum atomic E-state index is -0.315. The molecule has 0 aromatic heterocycles. The number of methoxy groups -OCH3 is 1. The normalized spacial score (nSPS) is 42.0. The highest BCUT2D eigenvalue weighted by Crippen LogP contribution is 2.56. The van der Waals surface area contributed by atoms with Gasteiger partial charge in [0.1, 0.15) is 5.78 Å². The molecule has 3 heterocycles. The van der Waals surface area contributed by atoms with Gasteiger partial charge in [-0.3, -0.25) is 9.69 Å². The van der Waals surface area contributed by atoms with Crippen molar-refractivity contribution in [2.24, 2.45) is 11.3 Å². The molecule has 3 saturated heterocycles. The molecule has 4 aliphatic rings. The number of hydrogen-bond acceptors (Lipinski definition) is 5. The van der Waals surface area contributed by atoms with E-state index in [9.17, 15) is 14.7 Å². The largest absolute Gasteiger partial charge is 0.453 e. The Bertz CT molecular complexity index is 554. The first-order valence-electron chi connectivity index (χ1n) is 9.83. The van der Waals surface area contributed by atoms with E-state index >= 15 is 0 Å². The van der Waals surface area contributed by atoms with Crippen molar-refractivity contribution in [1.82, 2.24) is 9.80 Å². The zero-order valence-electron chi connectivity index (χ0n) is 15.2. The lowest BCUT2D eigenvalue weighted by Gasteiger charge is -2.52. The predicted molar refractivity (Wildman–Crippen MR) is 92.1 cm³/mol. The predicted octanol–water partition coefficient (Wildman–Crippen LogP) is 1.80. The van der Waals surface area contributed by atoms with Crippen molar-refractivity contribution in [3.63, 3.8) is 0 Å². The number of hydrogen-bond donors (Lipinski definition) is 1. The number of nitrogens with zero attached hydrogens (tertiary/aromatic N) is 2. The third kappa shape index (κ3) is 2.78. The molecule has 6 nitrogen and oxygen atoms in total. The molecule has 0 unspecified atom stereocenters. The number of amides is 1. The highest BCUT2D eigenvalue weighted by Gasteiger charge is 2.61. The fourth-order valence-corrected chi connectivity index (χ4v) is 6.16. The molecule has 4 rings (SSSR count). The number of carbonyl (C=O) groups is 2. The van der Waals surface area contributed by atoms with Crippen LogP contribution in [0.3, 0.4) is 0 Å². The summed E-state index contributed by atoms with van der Waals surface area (Å²) in [5, 5.41) is 10.8. The molecule has 25 heavy (non-hydrogen) atoms. The van der Waals surface area contributed by atoms with Gasteiger partial charge in [0.25, 0.3) is 0 Å². The number of fused-ring (bicyclic) bond motifs is 2. The third-order valence-electron chi connectivity index (χ3n) is 7.31. The fraction of sp³-hybridized carbons (Fsp3) is 0.895. The molecule has 0 radical (unpaired) electrons. The van der Waals surface area contributed by atoms with Gasteiger partial charge in [0.2, 0.25) is 0 Å². The molecule has 0 aromatic rings. The van der Waals surface area contributed by atoms with Gasteiger partial charge in [0.05, 0.1) is 13.2 Å². The summed E-state index contributed by atoms with van der Waals surface area (Å²) in [5.41, 5.74) is -0.0592. The molecule has 5 atom stereocenters. The van der Waals surface area contributed by atoms with E-state index in [-0.39, 0.29) is 29.7 Å². The van der Waals surface area contributed by atoms with Crippen molar-refractivity contribution in [3.8, 4) is 0 Å². The van der Waals surface area contributed by atoms with Crippen LogP contribution in [0, 0.1) is 11.3 Å². The van der Waals surface area contributed by atoms with Gasteiger partial charge in [-0.1, -0.05) is 12.8 Å². The van der Waals surface area contributed by atoms with E-state index in [0.29, 0.717) is 37.6 Å². The van der Waals surface area contributed by atoms with Crippen LogP contribution in [0.1, 0.15) is 51.4 Å². The number of ketones is 1. The average molecular weight is 350 g/mol. The van der Waals surface area contributed by atoms with Crippen molar-refractivity contribution in [1.29, 1.82) is 0 Å². The number of carbonyl (C=O) groups excluding carboxylic acids is 2. The summed E-state index contributed by atoms with van der Waals surface area (Å²) >= 11 is 0. The van der Waals surface area contributed by atoms with Crippen molar-refractivity contribution in [2.45, 2.75) is 69.6 Å². The summed E-state index contributed by atoms with van der Waals surface area (Å²) in [4.78, 5) is 28.9. The number of piperidine rings is 1. The standard InChI is InChI=1S/C19H30N2O4/c1-25-18(24)20-8-6-13-9-14(22)10-17-19(13,12-20)11-15-16(23)5-3-2-4-7-21(15)17/h13,15-17,23H,2-12H2,1H3/t13-,15+,16+,17-,19-/m0/s1. The molecule has 0 aromatic carbocycles. The van der Waals surface area contributed by atoms with Gasteiger partial charge < -0.3 is 14.7 Å². The van der Waals surface area contributed by atoms with Crippen LogP contribution in [0.4, 0.5) is 4.79 Å². The summed E-state index contributed by atoms with van der Waals surface area (Å²) in [5.74, 6) is 0.689. The van der Waals surface area contributed by atoms with Crippen LogP contribution in [0.25, 0.3) is 0 Å². The summed E-state index contributed by atoms with van der Waals surface area (Å²) < 4.78 is 4.97. The van der Waals surface area contributed by atoms with Gasteiger partial charge in [-0.15, -0.1) is 0 Å². The lowest BCUT2D eigenvalue weighted by molar-refractivity contribution is -0.130. The van der Waals surface area contributed by atoms with Crippen LogP contribution < -0.4 is 0 Å².